The molecule has 0 spiro atoms. The van der Waals surface area contributed by atoms with Gasteiger partial charge in [-0.1, -0.05) is 0 Å². The first-order valence-electron chi connectivity index (χ1n) is 7.65. The summed E-state index contributed by atoms with van der Waals surface area (Å²) >= 11 is 0. The summed E-state index contributed by atoms with van der Waals surface area (Å²) in [4.78, 5) is 11.8. The fourth-order valence-electron chi connectivity index (χ4n) is 3.01. The van der Waals surface area contributed by atoms with Crippen LogP contribution in [-0.4, -0.2) is 42.2 Å². The average Bonchev–Trinajstić information content (AvgIpc) is 3.00. The number of rotatable bonds is 2. The van der Waals surface area contributed by atoms with Gasteiger partial charge in [-0.25, -0.2) is 4.98 Å². The third-order valence-electron chi connectivity index (χ3n) is 4.16. The molecule has 1 aromatic rings. The summed E-state index contributed by atoms with van der Waals surface area (Å²) in [5.74, 6) is 0.515. The number of nitrogens with zero attached hydrogens (tertiary/aromatic N) is 4. The lowest BCUT2D eigenvalue weighted by molar-refractivity contribution is -0.141. The van der Waals surface area contributed by atoms with E-state index < -0.39 is 11.9 Å². The Kier molecular flexibility index (Phi) is 4.12. The molecule has 2 N–H and O–H groups in total. The number of aromatic nitrogens is 2. The van der Waals surface area contributed by atoms with E-state index in [0.29, 0.717) is 32.0 Å². The summed E-state index contributed by atoms with van der Waals surface area (Å²) < 4.78 is 39.4. The third-order valence-corrected chi connectivity index (χ3v) is 4.16. The Morgan fingerprint density at radius 1 is 1.05 bits per heavy atom. The SMILES string of the molecule is N[C@H]1CCCN(c2cc(C(F)(F)F)nc(N3CCCC3)n2)C1. The van der Waals surface area contributed by atoms with Crippen molar-refractivity contribution in [3.63, 3.8) is 0 Å². The van der Waals surface area contributed by atoms with E-state index in [1.807, 2.05) is 9.80 Å². The van der Waals surface area contributed by atoms with E-state index in [9.17, 15) is 13.2 Å². The summed E-state index contributed by atoms with van der Waals surface area (Å²) in [6.07, 6.45) is -0.782. The number of alkyl halides is 3. The van der Waals surface area contributed by atoms with Crippen LogP contribution in [-0.2, 0) is 6.18 Å². The molecule has 122 valence electrons. The summed E-state index contributed by atoms with van der Waals surface area (Å²) in [5, 5.41) is 0. The van der Waals surface area contributed by atoms with Crippen LogP contribution in [0.15, 0.2) is 6.07 Å². The van der Waals surface area contributed by atoms with Crippen molar-refractivity contribution < 1.29 is 13.2 Å². The number of hydrogen-bond donors (Lipinski definition) is 1. The van der Waals surface area contributed by atoms with Gasteiger partial charge in [-0.3, -0.25) is 0 Å². The highest BCUT2D eigenvalue weighted by Gasteiger charge is 2.35. The molecule has 2 saturated heterocycles. The Labute approximate surface area is 127 Å². The van der Waals surface area contributed by atoms with Crippen molar-refractivity contribution >= 4 is 11.8 Å². The van der Waals surface area contributed by atoms with Gasteiger partial charge in [0.25, 0.3) is 0 Å². The molecule has 0 unspecified atom stereocenters. The van der Waals surface area contributed by atoms with Gasteiger partial charge in [0.2, 0.25) is 5.95 Å². The van der Waals surface area contributed by atoms with Crippen LogP contribution in [0, 0.1) is 0 Å². The first-order chi connectivity index (χ1) is 10.4. The minimum Gasteiger partial charge on any atom is -0.355 e. The van der Waals surface area contributed by atoms with E-state index in [1.54, 1.807) is 0 Å². The second kappa shape index (κ2) is 5.91. The maximum absolute atomic E-state index is 13.1. The van der Waals surface area contributed by atoms with E-state index in [2.05, 4.69) is 9.97 Å². The lowest BCUT2D eigenvalue weighted by Crippen LogP contribution is -2.43. The molecule has 0 radical (unpaired) electrons. The van der Waals surface area contributed by atoms with Gasteiger partial charge in [-0.15, -0.1) is 0 Å². The topological polar surface area (TPSA) is 58.3 Å². The number of piperidine rings is 1. The Hall–Kier alpha value is -1.57. The predicted octanol–water partition coefficient (Wildman–Crippen LogP) is 2.02. The van der Waals surface area contributed by atoms with Gasteiger partial charge in [0.05, 0.1) is 0 Å². The molecular formula is C14H20F3N5. The van der Waals surface area contributed by atoms with Gasteiger partial charge < -0.3 is 15.5 Å². The molecular weight excluding hydrogens is 295 g/mol. The minimum atomic E-state index is -4.47. The number of hydrogen-bond acceptors (Lipinski definition) is 5. The van der Waals surface area contributed by atoms with Crippen molar-refractivity contribution in [2.75, 3.05) is 36.0 Å². The van der Waals surface area contributed by atoms with Crippen LogP contribution < -0.4 is 15.5 Å². The molecule has 1 atom stereocenters. The molecule has 0 aromatic carbocycles. The highest BCUT2D eigenvalue weighted by atomic mass is 19.4. The van der Waals surface area contributed by atoms with Crippen LogP contribution in [0.3, 0.4) is 0 Å². The van der Waals surface area contributed by atoms with Crippen LogP contribution >= 0.6 is 0 Å². The van der Waals surface area contributed by atoms with E-state index >= 15 is 0 Å². The van der Waals surface area contributed by atoms with Crippen LogP contribution in [0.5, 0.6) is 0 Å². The molecule has 0 bridgehead atoms. The zero-order chi connectivity index (χ0) is 15.7. The Morgan fingerprint density at radius 2 is 1.73 bits per heavy atom. The fourth-order valence-corrected chi connectivity index (χ4v) is 3.01. The maximum atomic E-state index is 13.1. The molecule has 2 fully saturated rings. The summed E-state index contributed by atoms with van der Waals surface area (Å²) in [7, 11) is 0. The average molecular weight is 315 g/mol. The zero-order valence-corrected chi connectivity index (χ0v) is 12.3. The van der Waals surface area contributed by atoms with Crippen molar-refractivity contribution in [3.05, 3.63) is 11.8 Å². The lowest BCUT2D eigenvalue weighted by Gasteiger charge is -2.32. The second-order valence-corrected chi connectivity index (χ2v) is 5.95. The van der Waals surface area contributed by atoms with Gasteiger partial charge >= 0.3 is 6.18 Å². The number of nitrogens with two attached hydrogens (primary N) is 1. The van der Waals surface area contributed by atoms with Crippen LogP contribution in [0.2, 0.25) is 0 Å². The molecule has 0 saturated carbocycles. The molecule has 22 heavy (non-hydrogen) atoms. The van der Waals surface area contributed by atoms with Gasteiger partial charge in [-0.05, 0) is 25.7 Å². The van der Waals surface area contributed by atoms with E-state index in [1.165, 1.54) is 0 Å². The van der Waals surface area contributed by atoms with Crippen LogP contribution in [0.4, 0.5) is 24.9 Å². The van der Waals surface area contributed by atoms with E-state index in [-0.39, 0.29) is 12.0 Å². The van der Waals surface area contributed by atoms with Gasteiger partial charge in [0.15, 0.2) is 5.69 Å². The Balaban J connectivity index is 1.95. The van der Waals surface area contributed by atoms with Gasteiger partial charge in [-0.2, -0.15) is 18.2 Å². The first-order valence-corrected chi connectivity index (χ1v) is 7.65. The summed E-state index contributed by atoms with van der Waals surface area (Å²) in [6.45, 7) is 2.63. The van der Waals surface area contributed by atoms with E-state index in [0.717, 1.165) is 31.7 Å². The van der Waals surface area contributed by atoms with Crippen LogP contribution in [0.1, 0.15) is 31.4 Å². The first kappa shape index (κ1) is 15.3. The number of halogens is 3. The fraction of sp³-hybridized carbons (Fsp3) is 0.714. The molecule has 1 aromatic heterocycles. The quantitative estimate of drug-likeness (QED) is 0.905. The van der Waals surface area contributed by atoms with Crippen molar-refractivity contribution in [1.82, 2.24) is 9.97 Å². The minimum absolute atomic E-state index is 0.0201. The maximum Gasteiger partial charge on any atom is 0.433 e. The normalized spacial score (nSPS) is 23.2. The second-order valence-electron chi connectivity index (χ2n) is 5.95. The smallest absolute Gasteiger partial charge is 0.355 e. The highest BCUT2D eigenvalue weighted by molar-refractivity contribution is 5.47. The van der Waals surface area contributed by atoms with Crippen molar-refractivity contribution in [1.29, 1.82) is 0 Å². The molecule has 2 aliphatic heterocycles. The standard InChI is InChI=1S/C14H20F3N5/c15-14(16,17)11-8-12(22-7-3-4-10(18)9-22)20-13(19-11)21-5-1-2-6-21/h8,10H,1-7,9,18H2/t10-/m0/s1. The van der Waals surface area contributed by atoms with Crippen molar-refractivity contribution in [3.8, 4) is 0 Å². The molecule has 0 amide bonds. The molecule has 8 heteroatoms. The van der Waals surface area contributed by atoms with Gasteiger partial charge in [0, 0.05) is 38.3 Å². The number of anilines is 2. The molecule has 3 rings (SSSR count). The van der Waals surface area contributed by atoms with Gasteiger partial charge in [0.1, 0.15) is 5.82 Å². The largest absolute Gasteiger partial charge is 0.433 e. The molecule has 5 nitrogen and oxygen atoms in total. The third kappa shape index (κ3) is 3.26. The Morgan fingerprint density at radius 3 is 2.36 bits per heavy atom. The summed E-state index contributed by atoms with van der Waals surface area (Å²) in [5.41, 5.74) is 5.05. The van der Waals surface area contributed by atoms with Crippen LogP contribution in [0.25, 0.3) is 0 Å². The molecule has 2 aliphatic rings. The summed E-state index contributed by atoms with van der Waals surface area (Å²) in [6, 6.07) is 1.02. The highest BCUT2D eigenvalue weighted by Crippen LogP contribution is 2.32. The van der Waals surface area contributed by atoms with Crippen molar-refractivity contribution in [2.45, 2.75) is 37.9 Å². The Bertz CT molecular complexity index is 528. The molecule has 3 heterocycles. The molecule has 0 aliphatic carbocycles. The van der Waals surface area contributed by atoms with E-state index in [4.69, 9.17) is 5.73 Å². The van der Waals surface area contributed by atoms with Crippen molar-refractivity contribution in [2.24, 2.45) is 5.73 Å². The predicted molar refractivity (Wildman–Crippen MR) is 77.9 cm³/mol. The monoisotopic (exact) mass is 315 g/mol. The lowest BCUT2D eigenvalue weighted by atomic mass is 10.1. The zero-order valence-electron chi connectivity index (χ0n) is 12.3.